The monoisotopic (exact) mass is 343 g/mol. The second kappa shape index (κ2) is 5.10. The van der Waals surface area contributed by atoms with Gasteiger partial charge < -0.3 is 5.11 Å². The van der Waals surface area contributed by atoms with E-state index in [-0.39, 0.29) is 5.82 Å². The lowest BCUT2D eigenvalue weighted by atomic mass is 10.0. The van der Waals surface area contributed by atoms with Gasteiger partial charge in [0.1, 0.15) is 11.9 Å². The average Bonchev–Trinajstić information content (AvgIpc) is 2.29. The van der Waals surface area contributed by atoms with Crippen molar-refractivity contribution in [3.8, 4) is 0 Å². The van der Waals surface area contributed by atoms with E-state index in [9.17, 15) is 9.50 Å². The Morgan fingerprint density at radius 3 is 2.65 bits per heavy atom. The molecule has 0 aliphatic carbocycles. The first-order valence-electron chi connectivity index (χ1n) is 5.13. The quantitative estimate of drug-likeness (QED) is 0.850. The third-order valence-corrected chi connectivity index (χ3v) is 3.44. The number of nitrogens with zero attached hydrogens (tertiary/aromatic N) is 1. The average molecular weight is 343 g/mol. The summed E-state index contributed by atoms with van der Waals surface area (Å²) in [4.78, 5) is 4.14. The highest BCUT2D eigenvalue weighted by atomic mass is 127. The molecule has 0 saturated heterocycles. The number of aryl methyl sites for hydroxylation is 1. The summed E-state index contributed by atoms with van der Waals surface area (Å²) < 4.78 is 13.7. The number of aromatic nitrogens is 1. The molecule has 4 heteroatoms. The van der Waals surface area contributed by atoms with E-state index in [0.717, 1.165) is 5.69 Å². The molecule has 1 N–H and O–H groups in total. The number of hydrogen-bond donors (Lipinski definition) is 1. The van der Waals surface area contributed by atoms with Crippen molar-refractivity contribution >= 4 is 22.6 Å². The number of pyridine rings is 1. The SMILES string of the molecule is Cc1ccc(C(O)c2ccc(F)cc2I)cn1. The molecule has 0 aliphatic heterocycles. The summed E-state index contributed by atoms with van der Waals surface area (Å²) in [5, 5.41) is 10.2. The molecule has 1 aromatic heterocycles. The standard InChI is InChI=1S/C13H11FINO/c1-8-2-3-9(7-16-8)13(17)11-5-4-10(14)6-12(11)15/h2-7,13,17H,1H3. The first-order chi connectivity index (χ1) is 8.08. The maximum atomic E-state index is 13.0. The van der Waals surface area contributed by atoms with Crippen molar-refractivity contribution in [1.29, 1.82) is 0 Å². The van der Waals surface area contributed by atoms with Gasteiger partial charge in [0.05, 0.1) is 0 Å². The van der Waals surface area contributed by atoms with Gasteiger partial charge in [-0.15, -0.1) is 0 Å². The molecule has 0 amide bonds. The lowest BCUT2D eigenvalue weighted by molar-refractivity contribution is 0.219. The Balaban J connectivity index is 2.36. The Labute approximate surface area is 113 Å². The topological polar surface area (TPSA) is 33.1 Å². The lowest BCUT2D eigenvalue weighted by Gasteiger charge is -2.13. The molecule has 17 heavy (non-hydrogen) atoms. The molecular weight excluding hydrogens is 332 g/mol. The Bertz CT molecular complexity index is 527. The number of halogens is 2. The largest absolute Gasteiger partial charge is 0.384 e. The van der Waals surface area contributed by atoms with Crippen LogP contribution in [0.25, 0.3) is 0 Å². The zero-order valence-electron chi connectivity index (χ0n) is 9.19. The van der Waals surface area contributed by atoms with Gasteiger partial charge in [0, 0.05) is 21.0 Å². The maximum absolute atomic E-state index is 13.0. The molecule has 2 nitrogen and oxygen atoms in total. The van der Waals surface area contributed by atoms with Crippen LogP contribution in [0.3, 0.4) is 0 Å². The van der Waals surface area contributed by atoms with Gasteiger partial charge in [0.2, 0.25) is 0 Å². The number of benzene rings is 1. The predicted octanol–water partition coefficient (Wildman–Crippen LogP) is 3.22. The number of hydrogen-bond acceptors (Lipinski definition) is 2. The minimum atomic E-state index is -0.768. The van der Waals surface area contributed by atoms with E-state index < -0.39 is 6.10 Å². The summed E-state index contributed by atoms with van der Waals surface area (Å²) in [6, 6.07) is 8.02. The Morgan fingerprint density at radius 2 is 2.06 bits per heavy atom. The Hall–Kier alpha value is -1.01. The highest BCUT2D eigenvalue weighted by Gasteiger charge is 2.14. The normalized spacial score (nSPS) is 12.5. The fourth-order valence-electron chi connectivity index (χ4n) is 1.54. The van der Waals surface area contributed by atoms with Crippen molar-refractivity contribution in [1.82, 2.24) is 4.98 Å². The number of aliphatic hydroxyl groups is 1. The van der Waals surface area contributed by atoms with Crippen molar-refractivity contribution in [2.45, 2.75) is 13.0 Å². The molecule has 0 fully saturated rings. The van der Waals surface area contributed by atoms with Gasteiger partial charge in [0.15, 0.2) is 0 Å². The molecule has 0 radical (unpaired) electrons. The van der Waals surface area contributed by atoms with Gasteiger partial charge in [-0.25, -0.2) is 4.39 Å². The lowest BCUT2D eigenvalue weighted by Crippen LogP contribution is -2.03. The summed E-state index contributed by atoms with van der Waals surface area (Å²) in [6.07, 6.45) is 0.870. The van der Waals surface area contributed by atoms with Gasteiger partial charge in [-0.05, 0) is 53.3 Å². The van der Waals surface area contributed by atoms with Crippen molar-refractivity contribution in [2.75, 3.05) is 0 Å². The van der Waals surface area contributed by atoms with Crippen molar-refractivity contribution in [2.24, 2.45) is 0 Å². The second-order valence-electron chi connectivity index (χ2n) is 3.80. The van der Waals surface area contributed by atoms with Crippen LogP contribution in [-0.4, -0.2) is 10.1 Å². The summed E-state index contributed by atoms with van der Waals surface area (Å²) in [5.74, 6) is -0.299. The van der Waals surface area contributed by atoms with Gasteiger partial charge in [0.25, 0.3) is 0 Å². The summed E-state index contributed by atoms with van der Waals surface area (Å²) >= 11 is 2.01. The highest BCUT2D eigenvalue weighted by molar-refractivity contribution is 14.1. The predicted molar refractivity (Wildman–Crippen MR) is 72.2 cm³/mol. The fourth-order valence-corrected chi connectivity index (χ4v) is 2.32. The molecule has 0 spiro atoms. The summed E-state index contributed by atoms with van der Waals surface area (Å²) in [6.45, 7) is 1.89. The molecule has 0 aliphatic rings. The van der Waals surface area contributed by atoms with E-state index in [1.807, 2.05) is 41.6 Å². The van der Waals surface area contributed by atoms with E-state index in [2.05, 4.69) is 4.98 Å². The van der Waals surface area contributed by atoms with Gasteiger partial charge >= 0.3 is 0 Å². The van der Waals surface area contributed by atoms with Crippen LogP contribution < -0.4 is 0 Å². The zero-order chi connectivity index (χ0) is 12.4. The smallest absolute Gasteiger partial charge is 0.124 e. The molecule has 88 valence electrons. The van der Waals surface area contributed by atoms with Crippen LogP contribution in [0.4, 0.5) is 4.39 Å². The van der Waals surface area contributed by atoms with E-state index in [1.165, 1.54) is 12.1 Å². The molecule has 0 bridgehead atoms. The number of rotatable bonds is 2. The molecular formula is C13H11FINO. The third-order valence-electron chi connectivity index (χ3n) is 2.51. The third kappa shape index (κ3) is 2.81. The number of aliphatic hydroxyl groups excluding tert-OH is 1. The Morgan fingerprint density at radius 1 is 1.29 bits per heavy atom. The molecule has 1 heterocycles. The van der Waals surface area contributed by atoms with Crippen LogP contribution >= 0.6 is 22.6 Å². The first kappa shape index (κ1) is 12.4. The van der Waals surface area contributed by atoms with Crippen molar-refractivity contribution in [3.63, 3.8) is 0 Å². The summed E-state index contributed by atoms with van der Waals surface area (Å²) in [7, 11) is 0. The van der Waals surface area contributed by atoms with Crippen LogP contribution in [-0.2, 0) is 0 Å². The van der Waals surface area contributed by atoms with E-state index in [1.54, 1.807) is 12.3 Å². The second-order valence-corrected chi connectivity index (χ2v) is 4.96. The van der Waals surface area contributed by atoms with Crippen LogP contribution in [0.2, 0.25) is 0 Å². The van der Waals surface area contributed by atoms with E-state index >= 15 is 0 Å². The van der Waals surface area contributed by atoms with Crippen LogP contribution in [0, 0.1) is 16.3 Å². The molecule has 1 unspecified atom stereocenters. The molecule has 1 atom stereocenters. The summed E-state index contributed by atoms with van der Waals surface area (Å²) in [5.41, 5.74) is 2.30. The zero-order valence-corrected chi connectivity index (χ0v) is 11.3. The maximum Gasteiger partial charge on any atom is 0.124 e. The van der Waals surface area contributed by atoms with Crippen LogP contribution in [0.5, 0.6) is 0 Å². The van der Waals surface area contributed by atoms with Gasteiger partial charge in [-0.1, -0.05) is 12.1 Å². The fraction of sp³-hybridized carbons (Fsp3) is 0.154. The van der Waals surface area contributed by atoms with Crippen LogP contribution in [0.1, 0.15) is 22.9 Å². The van der Waals surface area contributed by atoms with Crippen LogP contribution in [0.15, 0.2) is 36.5 Å². The van der Waals surface area contributed by atoms with Gasteiger partial charge in [-0.2, -0.15) is 0 Å². The first-order valence-corrected chi connectivity index (χ1v) is 6.21. The molecule has 1 aromatic carbocycles. The van der Waals surface area contributed by atoms with E-state index in [0.29, 0.717) is 14.7 Å². The highest BCUT2D eigenvalue weighted by Crippen LogP contribution is 2.26. The molecule has 0 saturated carbocycles. The van der Waals surface area contributed by atoms with Gasteiger partial charge in [-0.3, -0.25) is 4.98 Å². The van der Waals surface area contributed by atoms with E-state index in [4.69, 9.17) is 0 Å². The minimum Gasteiger partial charge on any atom is -0.384 e. The molecule has 2 rings (SSSR count). The van der Waals surface area contributed by atoms with Crippen molar-refractivity contribution < 1.29 is 9.50 Å². The molecule has 2 aromatic rings. The van der Waals surface area contributed by atoms with Crippen molar-refractivity contribution in [3.05, 3.63) is 62.7 Å². The minimum absolute atomic E-state index is 0.299. The Kier molecular flexibility index (Phi) is 3.73.